The summed E-state index contributed by atoms with van der Waals surface area (Å²) in [5, 5.41) is 0.532. The Hall–Kier alpha value is -2.40. The summed E-state index contributed by atoms with van der Waals surface area (Å²) in [7, 11) is 0. The van der Waals surface area contributed by atoms with Gasteiger partial charge in [0.1, 0.15) is 17.0 Å². The van der Waals surface area contributed by atoms with Crippen LogP contribution in [0, 0.1) is 5.82 Å². The van der Waals surface area contributed by atoms with Gasteiger partial charge < -0.3 is 9.15 Å². The molecule has 0 aliphatic carbocycles. The number of hydrogen-bond acceptors (Lipinski definition) is 4. The van der Waals surface area contributed by atoms with E-state index < -0.39 is 5.63 Å². The molecule has 0 spiro atoms. The Bertz CT molecular complexity index is 846. The van der Waals surface area contributed by atoms with Crippen LogP contribution in [0.5, 0.6) is 5.75 Å². The van der Waals surface area contributed by atoms with Crippen LogP contribution in [-0.2, 0) is 6.61 Å². The molecule has 1 heterocycles. The average Bonchev–Trinajstić information content (AvgIpc) is 2.46. The highest BCUT2D eigenvalue weighted by molar-refractivity contribution is 6.35. The summed E-state index contributed by atoms with van der Waals surface area (Å²) in [4.78, 5) is 16.1. The largest absolute Gasteiger partial charge is 0.484 e. The van der Waals surface area contributed by atoms with Crippen LogP contribution < -0.4 is 10.4 Å². The van der Waals surface area contributed by atoms with Gasteiger partial charge in [0, 0.05) is 0 Å². The standard InChI is InChI=1S/C15H9ClFNO3/c16-11-2-1-3-12-14(11)15(19)21-13(18-12)8-20-10-6-4-9(17)5-7-10/h1-7H,8H2. The maximum Gasteiger partial charge on any atom is 0.348 e. The number of aromatic nitrogens is 1. The van der Waals surface area contributed by atoms with Crippen LogP contribution in [0.1, 0.15) is 5.89 Å². The van der Waals surface area contributed by atoms with Crippen LogP contribution in [0.4, 0.5) is 4.39 Å². The van der Waals surface area contributed by atoms with Gasteiger partial charge in [0.25, 0.3) is 0 Å². The molecular formula is C15H9ClFNO3. The van der Waals surface area contributed by atoms with Crippen molar-refractivity contribution in [3.63, 3.8) is 0 Å². The molecule has 3 rings (SSSR count). The van der Waals surface area contributed by atoms with Crippen molar-refractivity contribution in [2.75, 3.05) is 0 Å². The number of nitrogens with zero attached hydrogens (tertiary/aromatic N) is 1. The molecule has 0 saturated carbocycles. The fourth-order valence-electron chi connectivity index (χ4n) is 1.86. The number of benzene rings is 2. The van der Waals surface area contributed by atoms with Gasteiger partial charge in [-0.2, -0.15) is 0 Å². The summed E-state index contributed by atoms with van der Waals surface area (Å²) in [5.74, 6) is 0.221. The normalized spacial score (nSPS) is 10.8. The maximum atomic E-state index is 12.8. The molecular weight excluding hydrogens is 297 g/mol. The van der Waals surface area contributed by atoms with E-state index in [1.165, 1.54) is 24.3 Å². The molecule has 0 unspecified atom stereocenters. The quantitative estimate of drug-likeness (QED) is 0.742. The second-order valence-electron chi connectivity index (χ2n) is 4.27. The van der Waals surface area contributed by atoms with Crippen molar-refractivity contribution in [3.8, 4) is 5.75 Å². The molecule has 2 aromatic carbocycles. The highest BCUT2D eigenvalue weighted by atomic mass is 35.5. The Morgan fingerprint density at radius 3 is 2.71 bits per heavy atom. The number of fused-ring (bicyclic) bond motifs is 1. The van der Waals surface area contributed by atoms with E-state index in [1.54, 1.807) is 18.2 Å². The summed E-state index contributed by atoms with van der Waals surface area (Å²) in [5.41, 5.74) is -0.125. The van der Waals surface area contributed by atoms with Gasteiger partial charge in [-0.15, -0.1) is 0 Å². The first-order chi connectivity index (χ1) is 10.1. The molecule has 0 amide bonds. The zero-order chi connectivity index (χ0) is 14.8. The molecule has 0 fully saturated rings. The van der Waals surface area contributed by atoms with Crippen molar-refractivity contribution in [3.05, 3.63) is 69.6 Å². The van der Waals surface area contributed by atoms with E-state index in [0.717, 1.165) is 0 Å². The molecule has 3 aromatic rings. The van der Waals surface area contributed by atoms with Crippen molar-refractivity contribution in [1.29, 1.82) is 0 Å². The van der Waals surface area contributed by atoms with Crippen LogP contribution in [0.25, 0.3) is 10.9 Å². The van der Waals surface area contributed by atoms with Gasteiger partial charge in [-0.25, -0.2) is 14.2 Å². The lowest BCUT2D eigenvalue weighted by atomic mass is 10.2. The Kier molecular flexibility index (Phi) is 3.58. The first kappa shape index (κ1) is 13.6. The predicted molar refractivity (Wildman–Crippen MR) is 76.0 cm³/mol. The van der Waals surface area contributed by atoms with Gasteiger partial charge in [-0.05, 0) is 36.4 Å². The zero-order valence-electron chi connectivity index (χ0n) is 10.7. The fourth-order valence-corrected chi connectivity index (χ4v) is 2.11. The molecule has 0 bridgehead atoms. The van der Waals surface area contributed by atoms with Gasteiger partial charge in [0.15, 0.2) is 6.61 Å². The van der Waals surface area contributed by atoms with Gasteiger partial charge in [-0.1, -0.05) is 17.7 Å². The van der Waals surface area contributed by atoms with Crippen molar-refractivity contribution in [1.82, 2.24) is 4.98 Å². The molecule has 0 N–H and O–H groups in total. The van der Waals surface area contributed by atoms with Gasteiger partial charge >= 0.3 is 5.63 Å². The minimum atomic E-state index is -0.566. The van der Waals surface area contributed by atoms with Crippen LogP contribution in [0.2, 0.25) is 5.02 Å². The second-order valence-corrected chi connectivity index (χ2v) is 4.68. The summed E-state index contributed by atoms with van der Waals surface area (Å²) >= 11 is 5.94. The van der Waals surface area contributed by atoms with E-state index in [-0.39, 0.29) is 23.7 Å². The first-order valence-corrected chi connectivity index (χ1v) is 6.48. The van der Waals surface area contributed by atoms with Gasteiger partial charge in [-0.3, -0.25) is 0 Å². The van der Waals surface area contributed by atoms with E-state index in [0.29, 0.717) is 16.3 Å². The number of ether oxygens (including phenoxy) is 1. The van der Waals surface area contributed by atoms with Gasteiger partial charge in [0.2, 0.25) is 5.89 Å². The van der Waals surface area contributed by atoms with Crippen LogP contribution in [0.3, 0.4) is 0 Å². The lowest BCUT2D eigenvalue weighted by Crippen LogP contribution is -2.08. The van der Waals surface area contributed by atoms with Crippen LogP contribution in [0.15, 0.2) is 51.7 Å². The second kappa shape index (κ2) is 5.54. The van der Waals surface area contributed by atoms with Crippen LogP contribution >= 0.6 is 11.6 Å². The molecule has 106 valence electrons. The molecule has 0 aliphatic heterocycles. The SMILES string of the molecule is O=c1oc(COc2ccc(F)cc2)nc2cccc(Cl)c12. The molecule has 0 saturated heterocycles. The maximum absolute atomic E-state index is 12.8. The average molecular weight is 306 g/mol. The van der Waals surface area contributed by atoms with E-state index in [2.05, 4.69) is 4.98 Å². The van der Waals surface area contributed by atoms with Crippen molar-refractivity contribution < 1.29 is 13.5 Å². The number of hydrogen-bond donors (Lipinski definition) is 0. The van der Waals surface area contributed by atoms with Crippen molar-refractivity contribution >= 4 is 22.5 Å². The van der Waals surface area contributed by atoms with Crippen molar-refractivity contribution in [2.45, 2.75) is 6.61 Å². The smallest absolute Gasteiger partial charge is 0.348 e. The highest BCUT2D eigenvalue weighted by Crippen LogP contribution is 2.19. The molecule has 4 nitrogen and oxygen atoms in total. The number of halogens is 2. The Labute approximate surface area is 123 Å². The Morgan fingerprint density at radius 2 is 1.95 bits per heavy atom. The monoisotopic (exact) mass is 305 g/mol. The topological polar surface area (TPSA) is 52.3 Å². The predicted octanol–water partition coefficient (Wildman–Crippen LogP) is 3.56. The molecule has 0 radical (unpaired) electrons. The third-order valence-corrected chi connectivity index (χ3v) is 3.14. The molecule has 21 heavy (non-hydrogen) atoms. The minimum absolute atomic E-state index is 0.0384. The molecule has 6 heteroatoms. The van der Waals surface area contributed by atoms with E-state index in [1.807, 2.05) is 0 Å². The first-order valence-electron chi connectivity index (χ1n) is 6.10. The molecule has 0 aliphatic rings. The van der Waals surface area contributed by atoms with E-state index in [4.69, 9.17) is 20.8 Å². The molecule has 1 aromatic heterocycles. The molecule has 0 atom stereocenters. The fraction of sp³-hybridized carbons (Fsp3) is 0.0667. The number of rotatable bonds is 3. The third-order valence-electron chi connectivity index (χ3n) is 2.83. The lowest BCUT2D eigenvalue weighted by Gasteiger charge is -2.05. The highest BCUT2D eigenvalue weighted by Gasteiger charge is 2.10. The summed E-state index contributed by atoms with van der Waals surface area (Å²) in [6.07, 6.45) is 0. The van der Waals surface area contributed by atoms with E-state index in [9.17, 15) is 9.18 Å². The zero-order valence-corrected chi connectivity index (χ0v) is 11.4. The minimum Gasteiger partial charge on any atom is -0.484 e. The summed E-state index contributed by atoms with van der Waals surface area (Å²) < 4.78 is 23.2. The van der Waals surface area contributed by atoms with Gasteiger partial charge in [0.05, 0.1) is 10.5 Å². The van der Waals surface area contributed by atoms with Crippen molar-refractivity contribution in [2.24, 2.45) is 0 Å². The van der Waals surface area contributed by atoms with E-state index >= 15 is 0 Å². The van der Waals surface area contributed by atoms with Crippen LogP contribution in [-0.4, -0.2) is 4.98 Å². The lowest BCUT2D eigenvalue weighted by molar-refractivity contribution is 0.253. The summed E-state index contributed by atoms with van der Waals surface area (Å²) in [6, 6.07) is 10.5. The third kappa shape index (κ3) is 2.87. The summed E-state index contributed by atoms with van der Waals surface area (Å²) in [6.45, 7) is -0.0384. The Balaban J connectivity index is 1.88. The Morgan fingerprint density at radius 1 is 1.19 bits per heavy atom.